The lowest BCUT2D eigenvalue weighted by atomic mass is 9.93. The van der Waals surface area contributed by atoms with Gasteiger partial charge in [0.1, 0.15) is 0 Å². The summed E-state index contributed by atoms with van der Waals surface area (Å²) in [5.41, 5.74) is 1.35. The highest BCUT2D eigenvalue weighted by Crippen LogP contribution is 2.31. The molecule has 0 spiro atoms. The SMILES string of the molecule is CCNc1nc2c(s1)CC(C)CC2. The van der Waals surface area contributed by atoms with E-state index in [-0.39, 0.29) is 0 Å². The molecule has 0 bridgehead atoms. The number of nitrogens with zero attached hydrogens (tertiary/aromatic N) is 1. The first-order valence-electron chi connectivity index (χ1n) is 5.02. The minimum Gasteiger partial charge on any atom is -0.362 e. The zero-order valence-electron chi connectivity index (χ0n) is 8.26. The third kappa shape index (κ3) is 1.85. The molecule has 0 aliphatic heterocycles. The van der Waals surface area contributed by atoms with Crippen molar-refractivity contribution in [1.82, 2.24) is 4.98 Å². The van der Waals surface area contributed by atoms with Crippen molar-refractivity contribution in [3.63, 3.8) is 0 Å². The highest BCUT2D eigenvalue weighted by molar-refractivity contribution is 7.15. The maximum atomic E-state index is 4.58. The van der Waals surface area contributed by atoms with Gasteiger partial charge in [0.2, 0.25) is 0 Å². The number of anilines is 1. The molecule has 1 aromatic heterocycles. The van der Waals surface area contributed by atoms with E-state index in [1.54, 1.807) is 0 Å². The minimum atomic E-state index is 0.849. The summed E-state index contributed by atoms with van der Waals surface area (Å²) in [6.45, 7) is 5.42. The number of hydrogen-bond acceptors (Lipinski definition) is 3. The molecular formula is C10H16N2S. The molecule has 0 fully saturated rings. The summed E-state index contributed by atoms with van der Waals surface area (Å²) in [5, 5.41) is 4.40. The van der Waals surface area contributed by atoms with E-state index >= 15 is 0 Å². The Bertz CT molecular complexity index is 293. The molecule has 1 N–H and O–H groups in total. The second-order valence-corrected chi connectivity index (χ2v) is 4.85. The van der Waals surface area contributed by atoms with Crippen LogP contribution >= 0.6 is 11.3 Å². The first-order valence-corrected chi connectivity index (χ1v) is 5.83. The molecular weight excluding hydrogens is 180 g/mol. The van der Waals surface area contributed by atoms with Crippen molar-refractivity contribution in [1.29, 1.82) is 0 Å². The Morgan fingerprint density at radius 1 is 1.62 bits per heavy atom. The summed E-state index contributed by atoms with van der Waals surface area (Å²) in [4.78, 5) is 6.09. The molecule has 1 aliphatic carbocycles. The van der Waals surface area contributed by atoms with Gasteiger partial charge in [-0.2, -0.15) is 0 Å². The fourth-order valence-corrected chi connectivity index (χ4v) is 3.01. The van der Waals surface area contributed by atoms with E-state index in [2.05, 4.69) is 24.1 Å². The third-order valence-electron chi connectivity index (χ3n) is 2.51. The van der Waals surface area contributed by atoms with Crippen LogP contribution in [-0.2, 0) is 12.8 Å². The van der Waals surface area contributed by atoms with Gasteiger partial charge in [-0.1, -0.05) is 6.92 Å². The van der Waals surface area contributed by atoms with Crippen molar-refractivity contribution in [2.75, 3.05) is 11.9 Å². The molecule has 1 atom stereocenters. The molecule has 0 aromatic carbocycles. The number of fused-ring (bicyclic) bond motifs is 1. The lowest BCUT2D eigenvalue weighted by molar-refractivity contribution is 0.502. The van der Waals surface area contributed by atoms with E-state index in [0.717, 1.165) is 17.6 Å². The van der Waals surface area contributed by atoms with Gasteiger partial charge in [0.15, 0.2) is 5.13 Å². The lowest BCUT2D eigenvalue weighted by Crippen LogP contribution is -2.09. The Hall–Kier alpha value is -0.570. The van der Waals surface area contributed by atoms with Crippen LogP contribution in [0.2, 0.25) is 0 Å². The van der Waals surface area contributed by atoms with E-state index < -0.39 is 0 Å². The number of thiazole rings is 1. The van der Waals surface area contributed by atoms with Gasteiger partial charge >= 0.3 is 0 Å². The number of rotatable bonds is 2. The quantitative estimate of drug-likeness (QED) is 0.786. The maximum absolute atomic E-state index is 4.58. The van der Waals surface area contributed by atoms with Crippen molar-refractivity contribution in [2.45, 2.75) is 33.1 Å². The standard InChI is InChI=1S/C10H16N2S/c1-3-11-10-12-8-5-4-7(2)6-9(8)13-10/h7H,3-6H2,1-2H3,(H,11,12). The van der Waals surface area contributed by atoms with Crippen LogP contribution in [-0.4, -0.2) is 11.5 Å². The highest BCUT2D eigenvalue weighted by atomic mass is 32.1. The fraction of sp³-hybridized carbons (Fsp3) is 0.700. The summed E-state index contributed by atoms with van der Waals surface area (Å²) < 4.78 is 0. The Morgan fingerprint density at radius 3 is 3.23 bits per heavy atom. The van der Waals surface area contributed by atoms with Gasteiger partial charge < -0.3 is 5.32 Å². The summed E-state index contributed by atoms with van der Waals surface area (Å²) in [6, 6.07) is 0. The molecule has 0 amide bonds. The van der Waals surface area contributed by atoms with Gasteiger partial charge in [-0.3, -0.25) is 0 Å². The van der Waals surface area contributed by atoms with Crippen LogP contribution in [0.3, 0.4) is 0 Å². The molecule has 1 heterocycles. The zero-order valence-corrected chi connectivity index (χ0v) is 9.08. The molecule has 72 valence electrons. The maximum Gasteiger partial charge on any atom is 0.183 e. The number of aromatic nitrogens is 1. The van der Waals surface area contributed by atoms with Crippen LogP contribution in [0.25, 0.3) is 0 Å². The molecule has 2 rings (SSSR count). The highest BCUT2D eigenvalue weighted by Gasteiger charge is 2.19. The van der Waals surface area contributed by atoms with Gasteiger partial charge in [-0.15, -0.1) is 11.3 Å². The van der Waals surface area contributed by atoms with E-state index in [4.69, 9.17) is 0 Å². The zero-order chi connectivity index (χ0) is 9.26. The second kappa shape index (κ2) is 3.66. The summed E-state index contributed by atoms with van der Waals surface area (Å²) in [7, 11) is 0. The Labute approximate surface area is 83.4 Å². The Morgan fingerprint density at radius 2 is 2.46 bits per heavy atom. The fourth-order valence-electron chi connectivity index (χ4n) is 1.77. The first kappa shape index (κ1) is 9.00. The molecule has 1 aliphatic rings. The number of hydrogen-bond donors (Lipinski definition) is 1. The number of aryl methyl sites for hydroxylation is 1. The molecule has 0 saturated heterocycles. The molecule has 0 radical (unpaired) electrons. The predicted molar refractivity (Wildman–Crippen MR) is 57.5 cm³/mol. The van der Waals surface area contributed by atoms with Gasteiger partial charge in [0.05, 0.1) is 5.69 Å². The average Bonchev–Trinajstić information content (AvgIpc) is 2.46. The molecule has 13 heavy (non-hydrogen) atoms. The predicted octanol–water partition coefficient (Wildman–Crippen LogP) is 2.70. The first-order chi connectivity index (χ1) is 6.29. The van der Waals surface area contributed by atoms with Crippen LogP contribution < -0.4 is 5.32 Å². The van der Waals surface area contributed by atoms with Gasteiger partial charge in [0.25, 0.3) is 0 Å². The molecule has 3 heteroatoms. The molecule has 2 nitrogen and oxygen atoms in total. The molecule has 1 aromatic rings. The second-order valence-electron chi connectivity index (χ2n) is 3.77. The topological polar surface area (TPSA) is 24.9 Å². The smallest absolute Gasteiger partial charge is 0.183 e. The average molecular weight is 196 g/mol. The van der Waals surface area contributed by atoms with Gasteiger partial charge in [-0.25, -0.2) is 4.98 Å². The largest absolute Gasteiger partial charge is 0.362 e. The van der Waals surface area contributed by atoms with Crippen molar-refractivity contribution in [3.8, 4) is 0 Å². The van der Waals surface area contributed by atoms with Crippen LogP contribution in [0.4, 0.5) is 5.13 Å². The van der Waals surface area contributed by atoms with Crippen molar-refractivity contribution >= 4 is 16.5 Å². The van der Waals surface area contributed by atoms with E-state index in [1.807, 2.05) is 11.3 Å². The Kier molecular flexibility index (Phi) is 2.54. The van der Waals surface area contributed by atoms with Crippen molar-refractivity contribution in [3.05, 3.63) is 10.6 Å². The minimum absolute atomic E-state index is 0.849. The molecule has 1 unspecified atom stereocenters. The van der Waals surface area contributed by atoms with Crippen LogP contribution in [0.15, 0.2) is 0 Å². The Balaban J connectivity index is 2.18. The van der Waals surface area contributed by atoms with Crippen molar-refractivity contribution in [2.24, 2.45) is 5.92 Å². The van der Waals surface area contributed by atoms with Crippen molar-refractivity contribution < 1.29 is 0 Å². The number of nitrogens with one attached hydrogen (secondary N) is 1. The lowest BCUT2D eigenvalue weighted by Gasteiger charge is -2.15. The summed E-state index contributed by atoms with van der Waals surface area (Å²) >= 11 is 1.84. The van der Waals surface area contributed by atoms with Crippen LogP contribution in [0.1, 0.15) is 30.8 Å². The monoisotopic (exact) mass is 196 g/mol. The van der Waals surface area contributed by atoms with E-state index in [1.165, 1.54) is 29.8 Å². The normalized spacial score (nSPS) is 21.2. The van der Waals surface area contributed by atoms with E-state index in [9.17, 15) is 0 Å². The van der Waals surface area contributed by atoms with E-state index in [0.29, 0.717) is 0 Å². The third-order valence-corrected chi connectivity index (χ3v) is 3.59. The summed E-state index contributed by atoms with van der Waals surface area (Å²) in [6.07, 6.45) is 3.72. The van der Waals surface area contributed by atoms with Gasteiger partial charge in [0, 0.05) is 11.4 Å². The molecule has 0 saturated carbocycles. The summed E-state index contributed by atoms with van der Waals surface area (Å²) in [5.74, 6) is 0.849. The van der Waals surface area contributed by atoms with Crippen LogP contribution in [0, 0.1) is 5.92 Å². The van der Waals surface area contributed by atoms with Crippen LogP contribution in [0.5, 0.6) is 0 Å². The van der Waals surface area contributed by atoms with Gasteiger partial charge in [-0.05, 0) is 32.1 Å².